The minimum atomic E-state index is -0.257. The number of carbonyl (C=O) groups excluding carboxylic acids is 1. The Morgan fingerprint density at radius 3 is 2.87 bits per heavy atom. The number of hydrogen-bond donors (Lipinski definition) is 1. The summed E-state index contributed by atoms with van der Waals surface area (Å²) in [6.07, 6.45) is 2.32. The lowest BCUT2D eigenvalue weighted by Crippen LogP contribution is -2.26. The minimum Gasteiger partial charge on any atom is -0.280 e. The Balaban J connectivity index is 2.24. The van der Waals surface area contributed by atoms with Crippen LogP contribution in [0.5, 0.6) is 0 Å². The number of nitrogens with one attached hydrogen (secondary N) is 1. The van der Waals surface area contributed by atoms with Crippen LogP contribution in [0.3, 0.4) is 0 Å². The Hall–Kier alpha value is -0.880. The molecular weight excluding hydrogens is 262 g/mol. The number of H-pyrrole nitrogens is 1. The quantitative estimate of drug-likeness (QED) is 0.853. The van der Waals surface area contributed by atoms with Crippen LogP contribution in [0.4, 0.5) is 0 Å². The number of nitrogens with zero attached hydrogens (tertiary/aromatic N) is 2. The summed E-state index contributed by atoms with van der Waals surface area (Å²) < 4.78 is 0.763. The molecule has 0 atom stereocenters. The molecule has 5 nitrogen and oxygen atoms in total. The summed E-state index contributed by atoms with van der Waals surface area (Å²) in [4.78, 5) is 16.6. The van der Waals surface area contributed by atoms with Crippen LogP contribution in [0, 0.1) is 0 Å². The monoisotopic (exact) mass is 273 g/mol. The van der Waals surface area contributed by atoms with Gasteiger partial charge in [0.05, 0.1) is 17.3 Å². The lowest BCUT2D eigenvalue weighted by atomic mass is 10.2. The maximum absolute atomic E-state index is 11.7. The number of rotatable bonds is 3. The van der Waals surface area contributed by atoms with Crippen molar-refractivity contribution in [2.75, 3.05) is 14.2 Å². The molecule has 1 aliphatic rings. The lowest BCUT2D eigenvalue weighted by Gasteiger charge is -2.11. The van der Waals surface area contributed by atoms with Gasteiger partial charge in [0.1, 0.15) is 0 Å². The minimum absolute atomic E-state index is 0.257. The second kappa shape index (κ2) is 3.94. The second-order valence-corrected chi connectivity index (χ2v) is 4.35. The third-order valence-corrected chi connectivity index (χ3v) is 3.28. The molecule has 1 amide bonds. The third-order valence-electron chi connectivity index (χ3n) is 2.48. The fraction of sp³-hybridized carbons (Fsp3) is 0.556. The first-order chi connectivity index (χ1) is 7.15. The molecule has 6 heteroatoms. The molecule has 1 aliphatic carbocycles. The van der Waals surface area contributed by atoms with Crippen molar-refractivity contribution in [3.63, 3.8) is 0 Å². The van der Waals surface area contributed by atoms with Crippen LogP contribution in [0.15, 0.2) is 4.47 Å². The zero-order valence-corrected chi connectivity index (χ0v) is 10.2. The standard InChI is InChI=1S/C9H12BrN3O2/c1-13(15-2)9(14)8-6(10)7(11-12-8)5-3-4-5/h5H,3-4H2,1-2H3,(H,11,12). The van der Waals surface area contributed by atoms with Crippen molar-refractivity contribution in [2.24, 2.45) is 0 Å². The van der Waals surface area contributed by atoms with Crippen molar-refractivity contribution in [3.8, 4) is 0 Å². The number of aromatic amines is 1. The predicted octanol–water partition coefficient (Wildman–Crippen LogP) is 1.68. The van der Waals surface area contributed by atoms with Gasteiger partial charge in [0.2, 0.25) is 0 Å². The van der Waals surface area contributed by atoms with E-state index in [0.717, 1.165) is 28.1 Å². The first kappa shape index (κ1) is 10.6. The van der Waals surface area contributed by atoms with E-state index in [4.69, 9.17) is 4.84 Å². The average molecular weight is 274 g/mol. The van der Waals surface area contributed by atoms with E-state index < -0.39 is 0 Å². The molecule has 1 heterocycles. The van der Waals surface area contributed by atoms with Gasteiger partial charge in [0.15, 0.2) is 5.69 Å². The van der Waals surface area contributed by atoms with Crippen molar-refractivity contribution in [3.05, 3.63) is 15.9 Å². The Labute approximate surface area is 95.9 Å². The highest BCUT2D eigenvalue weighted by Crippen LogP contribution is 2.42. The van der Waals surface area contributed by atoms with Crippen LogP contribution >= 0.6 is 15.9 Å². The molecule has 1 aromatic heterocycles. The first-order valence-corrected chi connectivity index (χ1v) is 5.50. The lowest BCUT2D eigenvalue weighted by molar-refractivity contribution is -0.0761. The highest BCUT2D eigenvalue weighted by Gasteiger charge is 2.31. The maximum Gasteiger partial charge on any atom is 0.298 e. The van der Waals surface area contributed by atoms with Crippen molar-refractivity contribution < 1.29 is 9.63 Å². The largest absolute Gasteiger partial charge is 0.298 e. The van der Waals surface area contributed by atoms with Gasteiger partial charge in [-0.1, -0.05) is 0 Å². The van der Waals surface area contributed by atoms with E-state index in [1.165, 1.54) is 7.11 Å². The topological polar surface area (TPSA) is 58.2 Å². The van der Waals surface area contributed by atoms with Gasteiger partial charge < -0.3 is 0 Å². The van der Waals surface area contributed by atoms with Crippen molar-refractivity contribution in [1.29, 1.82) is 0 Å². The van der Waals surface area contributed by atoms with Gasteiger partial charge in [-0.25, -0.2) is 5.06 Å². The van der Waals surface area contributed by atoms with Crippen LogP contribution in [-0.4, -0.2) is 35.3 Å². The summed E-state index contributed by atoms with van der Waals surface area (Å²) in [5.74, 6) is 0.272. The smallest absolute Gasteiger partial charge is 0.280 e. The normalized spacial score (nSPS) is 15.4. The van der Waals surface area contributed by atoms with Crippen molar-refractivity contribution in [1.82, 2.24) is 15.3 Å². The molecule has 15 heavy (non-hydrogen) atoms. The molecule has 0 aromatic carbocycles. The van der Waals surface area contributed by atoms with Gasteiger partial charge >= 0.3 is 0 Å². The van der Waals surface area contributed by atoms with E-state index >= 15 is 0 Å². The summed E-state index contributed by atoms with van der Waals surface area (Å²) in [6.45, 7) is 0. The number of halogens is 1. The summed E-state index contributed by atoms with van der Waals surface area (Å²) in [5.41, 5.74) is 1.39. The summed E-state index contributed by atoms with van der Waals surface area (Å²) in [7, 11) is 3.00. The number of hydroxylamine groups is 2. The van der Waals surface area contributed by atoms with E-state index in [1.54, 1.807) is 7.05 Å². The van der Waals surface area contributed by atoms with Crippen LogP contribution in [0.2, 0.25) is 0 Å². The van der Waals surface area contributed by atoms with Crippen molar-refractivity contribution >= 4 is 21.8 Å². The summed E-state index contributed by atoms with van der Waals surface area (Å²) in [6, 6.07) is 0. The molecule has 1 N–H and O–H groups in total. The number of carbonyl (C=O) groups is 1. The average Bonchev–Trinajstić information content (AvgIpc) is 3.01. The summed E-state index contributed by atoms with van der Waals surface area (Å²) in [5, 5.41) is 8.05. The molecule has 0 radical (unpaired) electrons. The number of aromatic nitrogens is 2. The maximum atomic E-state index is 11.7. The Morgan fingerprint density at radius 2 is 2.33 bits per heavy atom. The van der Waals surface area contributed by atoms with E-state index in [9.17, 15) is 4.79 Å². The van der Waals surface area contributed by atoms with Gasteiger partial charge in [-0.05, 0) is 28.8 Å². The zero-order valence-electron chi connectivity index (χ0n) is 8.58. The SMILES string of the molecule is CON(C)C(=O)c1n[nH]c(C2CC2)c1Br. The van der Waals surface area contributed by atoms with Gasteiger partial charge in [-0.2, -0.15) is 5.10 Å². The Morgan fingerprint density at radius 1 is 1.67 bits per heavy atom. The van der Waals surface area contributed by atoms with Crippen LogP contribution < -0.4 is 0 Å². The molecule has 0 unspecified atom stereocenters. The number of hydrogen-bond acceptors (Lipinski definition) is 3. The van der Waals surface area contributed by atoms with Crippen LogP contribution in [-0.2, 0) is 4.84 Å². The Kier molecular flexibility index (Phi) is 2.79. The van der Waals surface area contributed by atoms with Crippen LogP contribution in [0.25, 0.3) is 0 Å². The molecule has 0 saturated heterocycles. The molecule has 0 spiro atoms. The second-order valence-electron chi connectivity index (χ2n) is 3.56. The molecular formula is C9H12BrN3O2. The molecule has 1 aromatic rings. The molecule has 1 saturated carbocycles. The first-order valence-electron chi connectivity index (χ1n) is 4.71. The van der Waals surface area contributed by atoms with Gasteiger partial charge in [0, 0.05) is 13.0 Å². The van der Waals surface area contributed by atoms with E-state index in [0.29, 0.717) is 11.6 Å². The highest BCUT2D eigenvalue weighted by molar-refractivity contribution is 9.10. The van der Waals surface area contributed by atoms with Gasteiger partial charge in [-0.15, -0.1) is 0 Å². The number of amides is 1. The molecule has 0 aliphatic heterocycles. The molecule has 2 rings (SSSR count). The van der Waals surface area contributed by atoms with E-state index in [2.05, 4.69) is 26.1 Å². The predicted molar refractivity (Wildman–Crippen MR) is 57.4 cm³/mol. The molecule has 1 fully saturated rings. The summed E-state index contributed by atoms with van der Waals surface area (Å²) >= 11 is 3.39. The van der Waals surface area contributed by atoms with Crippen LogP contribution in [0.1, 0.15) is 34.9 Å². The zero-order chi connectivity index (χ0) is 11.0. The molecule has 82 valence electrons. The van der Waals surface area contributed by atoms with Gasteiger partial charge in [0.25, 0.3) is 5.91 Å². The Bertz CT molecular complexity index is 387. The van der Waals surface area contributed by atoms with E-state index in [-0.39, 0.29) is 5.91 Å². The fourth-order valence-electron chi connectivity index (χ4n) is 1.36. The van der Waals surface area contributed by atoms with Gasteiger partial charge in [-0.3, -0.25) is 14.7 Å². The highest BCUT2D eigenvalue weighted by atomic mass is 79.9. The van der Waals surface area contributed by atoms with Crippen molar-refractivity contribution in [2.45, 2.75) is 18.8 Å². The fourth-order valence-corrected chi connectivity index (χ4v) is 2.03. The van der Waals surface area contributed by atoms with E-state index in [1.807, 2.05) is 0 Å². The third kappa shape index (κ3) is 1.91. The molecule has 0 bridgehead atoms.